The fourth-order valence-corrected chi connectivity index (χ4v) is 2.89. The van der Waals surface area contributed by atoms with Crippen LogP contribution < -0.4 is 0 Å². The van der Waals surface area contributed by atoms with Gasteiger partial charge < -0.3 is 14.4 Å². The summed E-state index contributed by atoms with van der Waals surface area (Å²) in [6.07, 6.45) is 3.00. The summed E-state index contributed by atoms with van der Waals surface area (Å²) >= 11 is 3.43. The number of benzene rings is 1. The second-order valence-electron chi connectivity index (χ2n) is 5.44. The standard InChI is InChI=1S/C15H20BrNO2/c1-17(9-13-3-5-14(16)6-4-13)10-15(11-18)7-2-8-19-12-15/h3-6,11H,2,7-10,12H2,1H3. The van der Waals surface area contributed by atoms with Gasteiger partial charge in [-0.15, -0.1) is 0 Å². The molecule has 1 saturated heterocycles. The summed E-state index contributed by atoms with van der Waals surface area (Å²) in [5.41, 5.74) is 0.936. The molecular formula is C15H20BrNO2. The van der Waals surface area contributed by atoms with E-state index in [1.54, 1.807) is 0 Å². The maximum atomic E-state index is 11.4. The molecule has 104 valence electrons. The first-order valence-electron chi connectivity index (χ1n) is 6.61. The predicted octanol–water partition coefficient (Wildman–Crippen LogP) is 2.88. The number of halogens is 1. The molecule has 2 rings (SSSR count). The highest BCUT2D eigenvalue weighted by molar-refractivity contribution is 9.10. The third-order valence-corrected chi connectivity index (χ3v) is 4.08. The van der Waals surface area contributed by atoms with Crippen LogP contribution in [0.5, 0.6) is 0 Å². The van der Waals surface area contributed by atoms with Crippen molar-refractivity contribution in [2.75, 3.05) is 26.8 Å². The summed E-state index contributed by atoms with van der Waals surface area (Å²) in [6.45, 7) is 2.95. The Balaban J connectivity index is 1.94. The Bertz CT molecular complexity index is 413. The number of nitrogens with zero attached hydrogens (tertiary/aromatic N) is 1. The van der Waals surface area contributed by atoms with Gasteiger partial charge in [0.1, 0.15) is 6.29 Å². The van der Waals surface area contributed by atoms with Crippen LogP contribution in [0.25, 0.3) is 0 Å². The van der Waals surface area contributed by atoms with Crippen molar-refractivity contribution in [3.63, 3.8) is 0 Å². The van der Waals surface area contributed by atoms with Gasteiger partial charge in [0.05, 0.1) is 12.0 Å². The summed E-state index contributed by atoms with van der Waals surface area (Å²) in [4.78, 5) is 13.6. The van der Waals surface area contributed by atoms with Gasteiger partial charge in [-0.2, -0.15) is 0 Å². The van der Waals surface area contributed by atoms with Crippen molar-refractivity contribution in [1.82, 2.24) is 4.90 Å². The molecule has 1 aromatic rings. The molecule has 1 fully saturated rings. The van der Waals surface area contributed by atoms with Crippen molar-refractivity contribution in [2.45, 2.75) is 19.4 Å². The quantitative estimate of drug-likeness (QED) is 0.779. The summed E-state index contributed by atoms with van der Waals surface area (Å²) in [5.74, 6) is 0. The van der Waals surface area contributed by atoms with Crippen molar-refractivity contribution in [2.24, 2.45) is 5.41 Å². The molecule has 3 nitrogen and oxygen atoms in total. The average Bonchev–Trinajstić information content (AvgIpc) is 2.42. The summed E-state index contributed by atoms with van der Waals surface area (Å²) in [7, 11) is 2.06. The number of carbonyl (C=O) groups is 1. The monoisotopic (exact) mass is 325 g/mol. The van der Waals surface area contributed by atoms with E-state index in [-0.39, 0.29) is 5.41 Å². The van der Waals surface area contributed by atoms with E-state index in [9.17, 15) is 4.79 Å². The Hall–Kier alpha value is -0.710. The van der Waals surface area contributed by atoms with Gasteiger partial charge in [0, 0.05) is 24.2 Å². The van der Waals surface area contributed by atoms with Crippen molar-refractivity contribution < 1.29 is 9.53 Å². The van der Waals surface area contributed by atoms with Crippen LogP contribution in [-0.4, -0.2) is 38.0 Å². The molecule has 1 aromatic carbocycles. The van der Waals surface area contributed by atoms with Crippen molar-refractivity contribution in [1.29, 1.82) is 0 Å². The molecular weight excluding hydrogens is 306 g/mol. The van der Waals surface area contributed by atoms with Crippen LogP contribution in [-0.2, 0) is 16.1 Å². The zero-order valence-electron chi connectivity index (χ0n) is 11.3. The predicted molar refractivity (Wildman–Crippen MR) is 79.0 cm³/mol. The van der Waals surface area contributed by atoms with Crippen LogP contribution in [0.15, 0.2) is 28.7 Å². The van der Waals surface area contributed by atoms with Crippen molar-refractivity contribution >= 4 is 22.2 Å². The number of hydrogen-bond acceptors (Lipinski definition) is 3. The molecule has 0 N–H and O–H groups in total. The smallest absolute Gasteiger partial charge is 0.129 e. The highest BCUT2D eigenvalue weighted by Gasteiger charge is 2.33. The first-order valence-corrected chi connectivity index (χ1v) is 7.40. The first kappa shape index (κ1) is 14.7. The zero-order chi connectivity index (χ0) is 13.7. The molecule has 4 heteroatoms. The van der Waals surface area contributed by atoms with Gasteiger partial charge in [0.2, 0.25) is 0 Å². The van der Waals surface area contributed by atoms with Crippen LogP contribution in [0.4, 0.5) is 0 Å². The fourth-order valence-electron chi connectivity index (χ4n) is 2.62. The number of rotatable bonds is 5. The number of ether oxygens (including phenoxy) is 1. The minimum absolute atomic E-state index is 0.317. The molecule has 19 heavy (non-hydrogen) atoms. The van der Waals surface area contributed by atoms with Gasteiger partial charge in [0.25, 0.3) is 0 Å². The highest BCUT2D eigenvalue weighted by atomic mass is 79.9. The van der Waals surface area contributed by atoms with E-state index in [2.05, 4.69) is 40.0 Å². The zero-order valence-corrected chi connectivity index (χ0v) is 12.9. The van der Waals surface area contributed by atoms with E-state index in [4.69, 9.17) is 4.74 Å². The van der Waals surface area contributed by atoms with E-state index in [1.807, 2.05) is 12.1 Å². The molecule has 1 heterocycles. The topological polar surface area (TPSA) is 29.5 Å². The second kappa shape index (κ2) is 6.64. The summed E-state index contributed by atoms with van der Waals surface area (Å²) in [5, 5.41) is 0. The Morgan fingerprint density at radius 3 is 2.74 bits per heavy atom. The highest BCUT2D eigenvalue weighted by Crippen LogP contribution is 2.27. The third-order valence-electron chi connectivity index (χ3n) is 3.55. The maximum Gasteiger partial charge on any atom is 0.129 e. The largest absolute Gasteiger partial charge is 0.380 e. The Morgan fingerprint density at radius 1 is 1.42 bits per heavy atom. The molecule has 1 aliphatic rings. The van der Waals surface area contributed by atoms with Gasteiger partial charge in [-0.1, -0.05) is 28.1 Å². The van der Waals surface area contributed by atoms with Crippen molar-refractivity contribution in [3.05, 3.63) is 34.3 Å². The van der Waals surface area contributed by atoms with E-state index >= 15 is 0 Å². The average molecular weight is 326 g/mol. The van der Waals surface area contributed by atoms with Crippen LogP contribution in [0.2, 0.25) is 0 Å². The molecule has 0 aromatic heterocycles. The van der Waals surface area contributed by atoms with Gasteiger partial charge in [0.15, 0.2) is 0 Å². The number of hydrogen-bond donors (Lipinski definition) is 0. The van der Waals surface area contributed by atoms with Gasteiger partial charge in [-0.05, 0) is 37.6 Å². The summed E-state index contributed by atoms with van der Waals surface area (Å²) in [6, 6.07) is 8.29. The molecule has 0 amide bonds. The molecule has 0 spiro atoms. The SMILES string of the molecule is CN(Cc1ccc(Br)cc1)CC1(C=O)CCCOC1. The third kappa shape index (κ3) is 4.13. The van der Waals surface area contributed by atoms with Crippen LogP contribution in [0, 0.1) is 5.41 Å². The molecule has 1 aliphatic heterocycles. The van der Waals surface area contributed by atoms with E-state index in [0.29, 0.717) is 6.61 Å². The van der Waals surface area contributed by atoms with Gasteiger partial charge in [-0.25, -0.2) is 0 Å². The minimum atomic E-state index is -0.317. The van der Waals surface area contributed by atoms with Gasteiger partial charge in [-0.3, -0.25) is 0 Å². The minimum Gasteiger partial charge on any atom is -0.380 e. The lowest BCUT2D eigenvalue weighted by molar-refractivity contribution is -0.125. The normalized spacial score (nSPS) is 23.5. The molecule has 0 radical (unpaired) electrons. The molecule has 0 saturated carbocycles. The first-order chi connectivity index (χ1) is 9.13. The van der Waals surface area contributed by atoms with E-state index in [0.717, 1.165) is 43.3 Å². The molecule has 0 bridgehead atoms. The lowest BCUT2D eigenvalue weighted by Crippen LogP contribution is -2.42. The lowest BCUT2D eigenvalue weighted by Gasteiger charge is -2.35. The van der Waals surface area contributed by atoms with Crippen LogP contribution in [0.1, 0.15) is 18.4 Å². The fraction of sp³-hybridized carbons (Fsp3) is 0.533. The summed E-state index contributed by atoms with van der Waals surface area (Å²) < 4.78 is 6.57. The number of aldehydes is 1. The Morgan fingerprint density at radius 2 is 2.16 bits per heavy atom. The Kier molecular flexibility index (Phi) is 5.13. The number of carbonyl (C=O) groups excluding carboxylic acids is 1. The van der Waals surface area contributed by atoms with E-state index < -0.39 is 0 Å². The second-order valence-corrected chi connectivity index (χ2v) is 6.35. The van der Waals surface area contributed by atoms with Crippen LogP contribution >= 0.6 is 15.9 Å². The lowest BCUT2D eigenvalue weighted by atomic mass is 9.83. The Labute approximate surface area is 123 Å². The maximum absolute atomic E-state index is 11.4. The van der Waals surface area contributed by atoms with Crippen molar-refractivity contribution in [3.8, 4) is 0 Å². The molecule has 0 aliphatic carbocycles. The van der Waals surface area contributed by atoms with Gasteiger partial charge >= 0.3 is 0 Å². The molecule has 1 atom stereocenters. The van der Waals surface area contributed by atoms with Crippen LogP contribution in [0.3, 0.4) is 0 Å². The molecule has 1 unspecified atom stereocenters. The van der Waals surface area contributed by atoms with E-state index in [1.165, 1.54) is 5.56 Å².